The van der Waals surface area contributed by atoms with Gasteiger partial charge < -0.3 is 0 Å². The number of aryl methyl sites for hydroxylation is 2. The van der Waals surface area contributed by atoms with Gasteiger partial charge >= 0.3 is 0 Å². The highest BCUT2D eigenvalue weighted by Gasteiger charge is 2.18. The molecule has 2 nitrogen and oxygen atoms in total. The predicted octanol–water partition coefficient (Wildman–Crippen LogP) is 4.03. The largest absolute Gasteiger partial charge is 0.268 e. The minimum absolute atomic E-state index is 0.192. The summed E-state index contributed by atoms with van der Waals surface area (Å²) in [5.74, 6) is 0.463. The molecule has 0 aliphatic carbocycles. The molecular formula is C12H20BrClN2. The van der Waals surface area contributed by atoms with Crippen molar-refractivity contribution in [2.45, 2.75) is 52.5 Å². The summed E-state index contributed by atoms with van der Waals surface area (Å²) in [6, 6.07) is 0. The molecule has 16 heavy (non-hydrogen) atoms. The molecule has 0 aromatic carbocycles. The summed E-state index contributed by atoms with van der Waals surface area (Å²) < 4.78 is 3.25. The van der Waals surface area contributed by atoms with Crippen molar-refractivity contribution in [1.82, 2.24) is 9.78 Å². The minimum atomic E-state index is 0.192. The molecule has 0 spiro atoms. The Bertz CT molecular complexity index is 347. The van der Waals surface area contributed by atoms with E-state index in [4.69, 9.17) is 11.6 Å². The number of alkyl halides is 1. The summed E-state index contributed by atoms with van der Waals surface area (Å²) in [6.07, 6.45) is 1.94. The lowest BCUT2D eigenvalue weighted by Gasteiger charge is -2.14. The lowest BCUT2D eigenvalue weighted by molar-refractivity contribution is 0.521. The molecule has 2 atom stereocenters. The quantitative estimate of drug-likeness (QED) is 0.751. The Morgan fingerprint density at radius 2 is 2.00 bits per heavy atom. The fourth-order valence-corrected chi connectivity index (χ4v) is 2.49. The van der Waals surface area contributed by atoms with Crippen molar-refractivity contribution in [2.75, 3.05) is 0 Å². The summed E-state index contributed by atoms with van der Waals surface area (Å²) in [5, 5.41) is 4.78. The Balaban J connectivity index is 2.97. The van der Waals surface area contributed by atoms with E-state index in [1.54, 1.807) is 0 Å². The van der Waals surface area contributed by atoms with Gasteiger partial charge in [-0.2, -0.15) is 5.10 Å². The van der Waals surface area contributed by atoms with Crippen LogP contribution in [0.1, 0.15) is 39.1 Å². The Labute approximate surface area is 111 Å². The van der Waals surface area contributed by atoms with Crippen LogP contribution in [0.2, 0.25) is 0 Å². The Morgan fingerprint density at radius 3 is 2.44 bits per heavy atom. The molecule has 0 N–H and O–H groups in total. The van der Waals surface area contributed by atoms with Gasteiger partial charge in [0, 0.05) is 11.9 Å². The average Bonchev–Trinajstić information content (AvgIpc) is 2.55. The van der Waals surface area contributed by atoms with Crippen LogP contribution in [-0.2, 0) is 19.4 Å². The number of rotatable bonds is 5. The van der Waals surface area contributed by atoms with Gasteiger partial charge in [-0.3, -0.25) is 4.68 Å². The third-order valence-corrected chi connectivity index (χ3v) is 4.34. The van der Waals surface area contributed by atoms with E-state index < -0.39 is 0 Å². The molecule has 0 saturated heterocycles. The lowest BCUT2D eigenvalue weighted by atomic mass is 10.0. The summed E-state index contributed by atoms with van der Waals surface area (Å²) in [4.78, 5) is 0. The molecule has 1 rings (SSSR count). The summed E-state index contributed by atoms with van der Waals surface area (Å²) >= 11 is 9.78. The van der Waals surface area contributed by atoms with E-state index in [2.05, 4.69) is 46.5 Å². The minimum Gasteiger partial charge on any atom is -0.268 e. The SMILES string of the molecule is CCc1nn(CC)c(CC(C)C(C)Cl)c1Br. The maximum Gasteiger partial charge on any atom is 0.0766 e. The first-order chi connectivity index (χ1) is 7.51. The number of halogens is 2. The van der Waals surface area contributed by atoms with E-state index in [-0.39, 0.29) is 5.38 Å². The second-order valence-electron chi connectivity index (χ2n) is 4.24. The second kappa shape index (κ2) is 6.06. The van der Waals surface area contributed by atoms with Gasteiger partial charge in [-0.1, -0.05) is 13.8 Å². The second-order valence-corrected chi connectivity index (χ2v) is 5.72. The van der Waals surface area contributed by atoms with E-state index in [1.807, 2.05) is 6.92 Å². The number of aromatic nitrogens is 2. The number of nitrogens with zero attached hydrogens (tertiary/aromatic N) is 2. The number of hydrogen-bond donors (Lipinski definition) is 0. The molecule has 0 aliphatic rings. The van der Waals surface area contributed by atoms with Crippen molar-refractivity contribution in [3.8, 4) is 0 Å². The van der Waals surface area contributed by atoms with Crippen LogP contribution >= 0.6 is 27.5 Å². The van der Waals surface area contributed by atoms with Gasteiger partial charge in [0.25, 0.3) is 0 Å². The predicted molar refractivity (Wildman–Crippen MR) is 73.2 cm³/mol. The van der Waals surface area contributed by atoms with Gasteiger partial charge in [0.15, 0.2) is 0 Å². The van der Waals surface area contributed by atoms with Crippen LogP contribution < -0.4 is 0 Å². The summed E-state index contributed by atoms with van der Waals surface area (Å²) in [5.41, 5.74) is 2.42. The van der Waals surface area contributed by atoms with Gasteiger partial charge in [-0.15, -0.1) is 11.6 Å². The molecule has 0 amide bonds. The maximum atomic E-state index is 6.12. The monoisotopic (exact) mass is 306 g/mol. The van der Waals surface area contributed by atoms with Crippen molar-refractivity contribution >= 4 is 27.5 Å². The van der Waals surface area contributed by atoms with E-state index in [0.717, 1.165) is 25.1 Å². The molecule has 0 aliphatic heterocycles. The highest BCUT2D eigenvalue weighted by Crippen LogP contribution is 2.26. The maximum absolute atomic E-state index is 6.12. The van der Waals surface area contributed by atoms with E-state index in [0.29, 0.717) is 5.92 Å². The van der Waals surface area contributed by atoms with E-state index >= 15 is 0 Å². The van der Waals surface area contributed by atoms with Gasteiger partial charge in [0.1, 0.15) is 0 Å². The van der Waals surface area contributed by atoms with Gasteiger partial charge in [0.05, 0.1) is 15.9 Å². The van der Waals surface area contributed by atoms with Crippen molar-refractivity contribution in [3.63, 3.8) is 0 Å². The third-order valence-electron chi connectivity index (χ3n) is 2.99. The Kier molecular flexibility index (Phi) is 5.32. The zero-order chi connectivity index (χ0) is 12.3. The fourth-order valence-electron chi connectivity index (χ4n) is 1.68. The first-order valence-corrected chi connectivity index (χ1v) is 7.12. The molecular weight excluding hydrogens is 288 g/mol. The van der Waals surface area contributed by atoms with Crippen molar-refractivity contribution in [1.29, 1.82) is 0 Å². The van der Waals surface area contributed by atoms with Crippen molar-refractivity contribution < 1.29 is 0 Å². The molecule has 0 radical (unpaired) electrons. The van der Waals surface area contributed by atoms with Crippen LogP contribution in [0.15, 0.2) is 4.47 Å². The summed E-state index contributed by atoms with van der Waals surface area (Å²) in [6.45, 7) is 9.40. The Hall–Kier alpha value is -0.0200. The van der Waals surface area contributed by atoms with E-state index in [9.17, 15) is 0 Å². The standard InChI is InChI=1S/C12H20BrClN2/c1-5-10-12(13)11(16(6-2)15-10)7-8(3)9(4)14/h8-9H,5-7H2,1-4H3. The van der Waals surface area contributed by atoms with Crippen LogP contribution in [0.5, 0.6) is 0 Å². The fraction of sp³-hybridized carbons (Fsp3) is 0.750. The van der Waals surface area contributed by atoms with Crippen LogP contribution in [0, 0.1) is 5.92 Å². The van der Waals surface area contributed by atoms with Gasteiger partial charge in [-0.05, 0) is 48.5 Å². The normalized spacial score (nSPS) is 15.1. The molecule has 1 aromatic rings. The Morgan fingerprint density at radius 1 is 1.38 bits per heavy atom. The molecule has 0 saturated carbocycles. The topological polar surface area (TPSA) is 17.8 Å². The third kappa shape index (κ3) is 3.01. The van der Waals surface area contributed by atoms with Crippen LogP contribution in [-0.4, -0.2) is 15.2 Å². The first-order valence-electron chi connectivity index (χ1n) is 5.89. The van der Waals surface area contributed by atoms with Crippen molar-refractivity contribution in [2.24, 2.45) is 5.92 Å². The van der Waals surface area contributed by atoms with Gasteiger partial charge in [0.2, 0.25) is 0 Å². The molecule has 92 valence electrons. The summed E-state index contributed by atoms with van der Waals surface area (Å²) in [7, 11) is 0. The average molecular weight is 308 g/mol. The zero-order valence-electron chi connectivity index (χ0n) is 10.4. The molecule has 0 bridgehead atoms. The highest BCUT2D eigenvalue weighted by atomic mass is 79.9. The molecule has 1 aromatic heterocycles. The molecule has 0 fully saturated rings. The van der Waals surface area contributed by atoms with Crippen LogP contribution in [0.4, 0.5) is 0 Å². The molecule has 2 unspecified atom stereocenters. The smallest absolute Gasteiger partial charge is 0.0766 e. The van der Waals surface area contributed by atoms with Crippen LogP contribution in [0.25, 0.3) is 0 Å². The lowest BCUT2D eigenvalue weighted by Crippen LogP contribution is -2.14. The van der Waals surface area contributed by atoms with E-state index in [1.165, 1.54) is 10.2 Å². The highest BCUT2D eigenvalue weighted by molar-refractivity contribution is 9.10. The first kappa shape index (κ1) is 14.0. The zero-order valence-corrected chi connectivity index (χ0v) is 12.8. The van der Waals surface area contributed by atoms with Crippen LogP contribution in [0.3, 0.4) is 0 Å². The van der Waals surface area contributed by atoms with Gasteiger partial charge in [-0.25, -0.2) is 0 Å². The molecule has 4 heteroatoms. The number of hydrogen-bond acceptors (Lipinski definition) is 1. The molecule has 1 heterocycles. The van der Waals surface area contributed by atoms with Crippen molar-refractivity contribution in [3.05, 3.63) is 15.9 Å².